The van der Waals surface area contributed by atoms with Crippen LogP contribution in [0.3, 0.4) is 0 Å². The zero-order valence-corrected chi connectivity index (χ0v) is 25.5. The van der Waals surface area contributed by atoms with Gasteiger partial charge < -0.3 is 15.0 Å². The van der Waals surface area contributed by atoms with Gasteiger partial charge in [0, 0.05) is 68.5 Å². The van der Waals surface area contributed by atoms with Crippen LogP contribution in [0.25, 0.3) is 11.1 Å². The van der Waals surface area contributed by atoms with Gasteiger partial charge in [-0.15, -0.1) is 0 Å². The summed E-state index contributed by atoms with van der Waals surface area (Å²) in [7, 11) is 0. The van der Waals surface area contributed by atoms with Crippen LogP contribution in [0.15, 0.2) is 85.9 Å². The molecule has 2 fully saturated rings. The van der Waals surface area contributed by atoms with Crippen molar-refractivity contribution in [1.29, 1.82) is 0 Å². The Balaban J connectivity index is 0.000000748. The number of rotatable bonds is 7. The maximum atomic E-state index is 13.1. The predicted molar refractivity (Wildman–Crippen MR) is 172 cm³/mol. The Morgan fingerprint density at radius 3 is 2.43 bits per heavy atom. The minimum atomic E-state index is -0.00378. The van der Waals surface area contributed by atoms with Gasteiger partial charge in [-0.05, 0) is 75.4 Å². The Labute approximate surface area is 251 Å². The molecule has 0 bridgehead atoms. The van der Waals surface area contributed by atoms with Crippen molar-refractivity contribution < 1.29 is 9.53 Å². The molecule has 42 heavy (non-hydrogen) atoms. The smallest absolute Gasteiger partial charge is 0.251 e. The number of hydrogen-bond acceptors (Lipinski definition) is 6. The van der Waals surface area contributed by atoms with Crippen molar-refractivity contribution in [2.75, 3.05) is 31.1 Å². The molecular formula is C35H45N5O2. The Bertz CT molecular complexity index is 1310. The number of aromatic nitrogens is 2. The summed E-state index contributed by atoms with van der Waals surface area (Å²) in [5, 5.41) is 3.27. The molecule has 1 amide bonds. The average Bonchev–Trinajstić information content (AvgIpc) is 2.99. The molecule has 7 heteroatoms. The van der Waals surface area contributed by atoms with Gasteiger partial charge in [0.2, 0.25) is 0 Å². The van der Waals surface area contributed by atoms with E-state index in [1.807, 2.05) is 68.7 Å². The first-order chi connectivity index (χ1) is 20.4. The highest BCUT2D eigenvalue weighted by atomic mass is 16.5. The summed E-state index contributed by atoms with van der Waals surface area (Å²) >= 11 is 0. The molecule has 2 unspecified atom stereocenters. The molecule has 2 aliphatic heterocycles. The van der Waals surface area contributed by atoms with E-state index in [1.165, 1.54) is 5.56 Å². The van der Waals surface area contributed by atoms with Crippen molar-refractivity contribution in [2.24, 2.45) is 0 Å². The summed E-state index contributed by atoms with van der Waals surface area (Å²) in [6.07, 6.45) is 13.5. The van der Waals surface area contributed by atoms with Gasteiger partial charge in [0.1, 0.15) is 5.82 Å². The van der Waals surface area contributed by atoms with Crippen LogP contribution in [0.1, 0.15) is 55.1 Å². The van der Waals surface area contributed by atoms with Crippen LogP contribution in [0.5, 0.6) is 0 Å². The second-order valence-electron chi connectivity index (χ2n) is 11.2. The molecule has 1 N–H and O–H groups in total. The van der Waals surface area contributed by atoms with Crippen LogP contribution in [-0.2, 0) is 11.3 Å². The molecule has 0 spiro atoms. The fourth-order valence-electron chi connectivity index (χ4n) is 5.74. The van der Waals surface area contributed by atoms with Gasteiger partial charge in [-0.3, -0.25) is 14.7 Å². The molecule has 0 radical (unpaired) electrons. The predicted octanol–water partition coefficient (Wildman–Crippen LogP) is 6.21. The largest absolute Gasteiger partial charge is 0.373 e. The number of hydrogen-bond donors (Lipinski definition) is 1. The number of amides is 1. The summed E-state index contributed by atoms with van der Waals surface area (Å²) in [5.41, 5.74) is 5.01. The van der Waals surface area contributed by atoms with E-state index >= 15 is 0 Å². The third-order valence-electron chi connectivity index (χ3n) is 7.74. The quantitative estimate of drug-likeness (QED) is 0.343. The van der Waals surface area contributed by atoms with E-state index in [0.717, 1.165) is 73.6 Å². The van der Waals surface area contributed by atoms with Crippen molar-refractivity contribution >= 4 is 11.7 Å². The number of allylic oxidation sites excluding steroid dienone is 3. The molecule has 3 aromatic rings. The molecule has 2 saturated heterocycles. The minimum absolute atomic E-state index is 0.00378. The molecule has 0 aliphatic carbocycles. The van der Waals surface area contributed by atoms with Gasteiger partial charge >= 0.3 is 0 Å². The number of pyridine rings is 2. The van der Waals surface area contributed by atoms with Gasteiger partial charge in [-0.2, -0.15) is 0 Å². The van der Waals surface area contributed by atoms with E-state index in [2.05, 4.69) is 52.7 Å². The lowest BCUT2D eigenvalue weighted by molar-refractivity contribution is -0.0705. The summed E-state index contributed by atoms with van der Waals surface area (Å²) in [6.45, 7) is 16.3. The van der Waals surface area contributed by atoms with Crippen molar-refractivity contribution in [3.05, 3.63) is 103 Å². The van der Waals surface area contributed by atoms with E-state index in [0.29, 0.717) is 0 Å². The van der Waals surface area contributed by atoms with Gasteiger partial charge in [0.15, 0.2) is 0 Å². The van der Waals surface area contributed by atoms with E-state index in [-0.39, 0.29) is 24.2 Å². The van der Waals surface area contributed by atoms with E-state index in [4.69, 9.17) is 9.72 Å². The summed E-state index contributed by atoms with van der Waals surface area (Å²) < 4.78 is 5.85. The van der Waals surface area contributed by atoms with Crippen LogP contribution < -0.4 is 10.2 Å². The molecule has 5 rings (SSSR count). The van der Waals surface area contributed by atoms with Crippen molar-refractivity contribution in [2.45, 2.75) is 65.3 Å². The van der Waals surface area contributed by atoms with Crippen molar-refractivity contribution in [3.8, 4) is 11.1 Å². The van der Waals surface area contributed by atoms with Crippen LogP contribution in [-0.4, -0.2) is 65.2 Å². The second-order valence-corrected chi connectivity index (χ2v) is 11.2. The molecular weight excluding hydrogens is 522 g/mol. The third-order valence-corrected chi connectivity index (χ3v) is 7.74. The Morgan fingerprint density at radius 1 is 1.07 bits per heavy atom. The fraction of sp³-hybridized carbons (Fsp3) is 0.400. The van der Waals surface area contributed by atoms with Gasteiger partial charge in [-0.1, -0.05) is 49.1 Å². The molecule has 2 aliphatic rings. The van der Waals surface area contributed by atoms with Crippen LogP contribution in [0, 0.1) is 6.92 Å². The SMILES string of the molecule is C=C/C=C\C.Cc1c(C(=O)NC2CCN(c3ccc(CN4CC(C)OC(C)C4)cn3)CC2)cccc1-c1cccnc1. The third kappa shape index (κ3) is 8.60. The summed E-state index contributed by atoms with van der Waals surface area (Å²) in [4.78, 5) is 26.9. The van der Waals surface area contributed by atoms with E-state index < -0.39 is 0 Å². The second kappa shape index (κ2) is 15.4. The fourth-order valence-corrected chi connectivity index (χ4v) is 5.74. The Kier molecular flexibility index (Phi) is 11.4. The Hall–Kier alpha value is -3.81. The number of carbonyl (C=O) groups is 1. The first-order valence-electron chi connectivity index (χ1n) is 15.0. The monoisotopic (exact) mass is 567 g/mol. The van der Waals surface area contributed by atoms with Crippen LogP contribution in [0.4, 0.5) is 5.82 Å². The highest BCUT2D eigenvalue weighted by molar-refractivity contribution is 5.97. The first kappa shape index (κ1) is 31.1. The number of carbonyl (C=O) groups excluding carboxylic acids is 1. The number of anilines is 1. The standard InChI is InChI=1S/C30H37N5O2.C5H8/c1-21-18-34(19-22(2)37-21)20-24-9-10-29(32-16-24)35-14-11-26(12-15-35)33-30(36)28-8-4-7-27(23(28)3)25-6-5-13-31-17-25;1-3-5-4-2/h4-10,13,16-17,21-22,26H,11-12,14-15,18-20H2,1-3H3,(H,33,36);3-5H,1H2,2H3/b;5-4-. The van der Waals surface area contributed by atoms with Gasteiger partial charge in [0.05, 0.1) is 12.2 Å². The van der Waals surface area contributed by atoms with Gasteiger partial charge in [0.25, 0.3) is 5.91 Å². The molecule has 2 aromatic heterocycles. The van der Waals surface area contributed by atoms with Crippen LogP contribution in [0.2, 0.25) is 0 Å². The molecule has 4 heterocycles. The van der Waals surface area contributed by atoms with Crippen LogP contribution >= 0.6 is 0 Å². The maximum Gasteiger partial charge on any atom is 0.251 e. The van der Waals surface area contributed by atoms with Crippen molar-refractivity contribution in [1.82, 2.24) is 20.2 Å². The molecule has 0 saturated carbocycles. The van der Waals surface area contributed by atoms with Crippen molar-refractivity contribution in [3.63, 3.8) is 0 Å². The summed E-state index contributed by atoms with van der Waals surface area (Å²) in [5.74, 6) is 1.01. The number of ether oxygens (including phenoxy) is 1. The lowest BCUT2D eigenvalue weighted by atomic mass is 9.96. The normalized spacial score (nSPS) is 19.7. The first-order valence-corrected chi connectivity index (χ1v) is 15.0. The number of piperidine rings is 1. The van der Waals surface area contributed by atoms with E-state index in [9.17, 15) is 4.79 Å². The lowest BCUT2D eigenvalue weighted by Crippen LogP contribution is -2.45. The Morgan fingerprint density at radius 2 is 1.83 bits per heavy atom. The summed E-state index contributed by atoms with van der Waals surface area (Å²) in [6, 6.07) is 14.3. The highest BCUT2D eigenvalue weighted by Crippen LogP contribution is 2.26. The number of morpholine rings is 1. The van der Waals surface area contributed by atoms with Gasteiger partial charge in [-0.25, -0.2) is 4.98 Å². The van der Waals surface area contributed by atoms with E-state index in [1.54, 1.807) is 12.3 Å². The lowest BCUT2D eigenvalue weighted by Gasteiger charge is -2.35. The number of benzene rings is 1. The highest BCUT2D eigenvalue weighted by Gasteiger charge is 2.24. The molecule has 2 atom stereocenters. The average molecular weight is 568 g/mol. The molecule has 1 aromatic carbocycles. The maximum absolute atomic E-state index is 13.1. The minimum Gasteiger partial charge on any atom is -0.373 e. The topological polar surface area (TPSA) is 70.6 Å². The zero-order valence-electron chi connectivity index (χ0n) is 25.5. The zero-order chi connectivity index (χ0) is 29.9. The number of nitrogens with one attached hydrogen (secondary N) is 1. The molecule has 7 nitrogen and oxygen atoms in total. The molecule has 222 valence electrons. The number of nitrogens with zero attached hydrogens (tertiary/aromatic N) is 4.